The Bertz CT molecular complexity index is 397. The minimum atomic E-state index is -0.508. The van der Waals surface area contributed by atoms with Gasteiger partial charge in [-0.3, -0.25) is 4.79 Å². The third-order valence-electron chi connectivity index (χ3n) is 3.37. The van der Waals surface area contributed by atoms with Crippen LogP contribution in [0, 0.1) is 5.41 Å². The van der Waals surface area contributed by atoms with Crippen LogP contribution in [0.25, 0.3) is 0 Å². The summed E-state index contributed by atoms with van der Waals surface area (Å²) in [5.74, 6) is 0.733. The molecule has 0 amide bonds. The van der Waals surface area contributed by atoms with Crippen LogP contribution in [-0.4, -0.2) is 18.9 Å². The van der Waals surface area contributed by atoms with Gasteiger partial charge in [0.25, 0.3) is 0 Å². The summed E-state index contributed by atoms with van der Waals surface area (Å²) in [5, 5.41) is 0. The Kier molecular flexibility index (Phi) is 5.35. The largest absolute Gasteiger partial charge is 0.493 e. The molecule has 0 bridgehead atoms. The maximum Gasteiger partial charge on any atom is 0.173 e. The number of ether oxygens (including phenoxy) is 1. The van der Waals surface area contributed by atoms with Crippen LogP contribution in [0.4, 0.5) is 0 Å². The molecule has 100 valence electrons. The fourth-order valence-electron chi connectivity index (χ4n) is 1.71. The lowest BCUT2D eigenvalue weighted by Gasteiger charge is -2.25. The van der Waals surface area contributed by atoms with Crippen LogP contribution in [0.15, 0.2) is 24.3 Å². The van der Waals surface area contributed by atoms with E-state index in [1.165, 1.54) is 0 Å². The lowest BCUT2D eigenvalue weighted by Crippen LogP contribution is -2.35. The topological polar surface area (TPSA) is 52.3 Å². The molecule has 1 aromatic carbocycles. The van der Waals surface area contributed by atoms with Gasteiger partial charge in [0.2, 0.25) is 0 Å². The molecule has 18 heavy (non-hydrogen) atoms. The molecule has 3 heteroatoms. The van der Waals surface area contributed by atoms with Gasteiger partial charge in [0, 0.05) is 12.0 Å². The van der Waals surface area contributed by atoms with Crippen molar-refractivity contribution in [1.82, 2.24) is 0 Å². The molecule has 0 saturated heterocycles. The number of nitrogens with two attached hydrogens (primary N) is 1. The van der Waals surface area contributed by atoms with Crippen LogP contribution >= 0.6 is 0 Å². The lowest BCUT2D eigenvalue weighted by molar-refractivity contribution is 0.0816. The molecule has 0 heterocycles. The highest BCUT2D eigenvalue weighted by Gasteiger charge is 2.32. The third-order valence-corrected chi connectivity index (χ3v) is 3.37. The van der Waals surface area contributed by atoms with Gasteiger partial charge in [-0.05, 0) is 25.0 Å². The van der Waals surface area contributed by atoms with Crippen molar-refractivity contribution in [2.45, 2.75) is 33.6 Å². The molecule has 1 unspecified atom stereocenters. The lowest BCUT2D eigenvalue weighted by atomic mass is 9.80. The van der Waals surface area contributed by atoms with Crippen molar-refractivity contribution >= 4 is 5.78 Å². The zero-order valence-electron chi connectivity index (χ0n) is 11.5. The van der Waals surface area contributed by atoms with Crippen LogP contribution in [0.2, 0.25) is 0 Å². The fraction of sp³-hybridized carbons (Fsp3) is 0.533. The van der Waals surface area contributed by atoms with Crippen LogP contribution in [0.5, 0.6) is 5.75 Å². The van der Waals surface area contributed by atoms with Crippen LogP contribution < -0.4 is 10.5 Å². The first-order chi connectivity index (χ1) is 8.59. The van der Waals surface area contributed by atoms with Crippen molar-refractivity contribution in [2.75, 3.05) is 13.2 Å². The predicted octanol–water partition coefficient (Wildman–Crippen LogP) is 3.03. The number of Topliss-reactive ketones (excluding diaryl/α,β-unsaturated/α-hetero) is 1. The number of carbonyl (C=O) groups excluding carboxylic acids is 1. The van der Waals surface area contributed by atoms with Crippen LogP contribution in [0.3, 0.4) is 0 Å². The second-order valence-electron chi connectivity index (χ2n) is 4.79. The van der Waals surface area contributed by atoms with Gasteiger partial charge in [0.15, 0.2) is 5.78 Å². The first kappa shape index (κ1) is 14.7. The number of para-hydroxylation sites is 1. The fourth-order valence-corrected chi connectivity index (χ4v) is 1.71. The maximum absolute atomic E-state index is 12.6. The minimum Gasteiger partial charge on any atom is -0.493 e. The molecule has 0 fully saturated rings. The van der Waals surface area contributed by atoms with Crippen molar-refractivity contribution in [3.8, 4) is 5.75 Å². The van der Waals surface area contributed by atoms with Crippen LogP contribution in [-0.2, 0) is 0 Å². The standard InChI is InChI=1S/C15H23NO2/c1-4-10-18-13-9-7-6-8-12(13)14(17)15(3,5-2)11-16/h6-9H,4-5,10-11,16H2,1-3H3. The van der Waals surface area contributed by atoms with Gasteiger partial charge < -0.3 is 10.5 Å². The van der Waals surface area contributed by atoms with E-state index in [9.17, 15) is 4.79 Å². The molecule has 3 nitrogen and oxygen atoms in total. The summed E-state index contributed by atoms with van der Waals surface area (Å²) >= 11 is 0. The Balaban J connectivity index is 3.04. The molecule has 0 aliphatic heterocycles. The molecule has 0 aliphatic rings. The summed E-state index contributed by atoms with van der Waals surface area (Å²) in [6, 6.07) is 7.40. The quantitative estimate of drug-likeness (QED) is 0.756. The molecule has 0 saturated carbocycles. The summed E-state index contributed by atoms with van der Waals surface area (Å²) < 4.78 is 5.63. The van der Waals surface area contributed by atoms with E-state index in [2.05, 4.69) is 0 Å². The Hall–Kier alpha value is -1.35. The van der Waals surface area contributed by atoms with E-state index in [4.69, 9.17) is 10.5 Å². The van der Waals surface area contributed by atoms with Gasteiger partial charge in [0.05, 0.1) is 12.2 Å². The smallest absolute Gasteiger partial charge is 0.173 e. The summed E-state index contributed by atoms with van der Waals surface area (Å²) in [6.45, 7) is 6.91. The average molecular weight is 249 g/mol. The van der Waals surface area contributed by atoms with Crippen molar-refractivity contribution in [2.24, 2.45) is 11.1 Å². The highest BCUT2D eigenvalue weighted by Crippen LogP contribution is 2.30. The summed E-state index contributed by atoms with van der Waals surface area (Å²) in [5.41, 5.74) is 5.88. The van der Waals surface area contributed by atoms with E-state index in [1.54, 1.807) is 0 Å². The number of ketones is 1. The molecule has 0 spiro atoms. The second kappa shape index (κ2) is 6.55. The Morgan fingerprint density at radius 3 is 2.56 bits per heavy atom. The second-order valence-corrected chi connectivity index (χ2v) is 4.79. The Labute approximate surface area is 109 Å². The zero-order valence-corrected chi connectivity index (χ0v) is 11.5. The normalized spacial score (nSPS) is 14.0. The first-order valence-corrected chi connectivity index (χ1v) is 6.55. The molecule has 0 aliphatic carbocycles. The molecular weight excluding hydrogens is 226 g/mol. The van der Waals surface area contributed by atoms with Gasteiger partial charge >= 0.3 is 0 Å². The highest BCUT2D eigenvalue weighted by atomic mass is 16.5. The van der Waals surface area contributed by atoms with E-state index >= 15 is 0 Å². The first-order valence-electron chi connectivity index (χ1n) is 6.55. The van der Waals surface area contributed by atoms with Gasteiger partial charge in [-0.1, -0.05) is 32.9 Å². The Morgan fingerprint density at radius 2 is 2.00 bits per heavy atom. The molecule has 2 N–H and O–H groups in total. The molecule has 1 atom stereocenters. The van der Waals surface area contributed by atoms with E-state index < -0.39 is 5.41 Å². The summed E-state index contributed by atoms with van der Waals surface area (Å²) in [7, 11) is 0. The number of benzene rings is 1. The summed E-state index contributed by atoms with van der Waals surface area (Å²) in [4.78, 5) is 12.6. The molecular formula is C15H23NO2. The molecule has 1 aromatic rings. The van der Waals surface area contributed by atoms with E-state index in [0.29, 0.717) is 24.5 Å². The maximum atomic E-state index is 12.6. The predicted molar refractivity (Wildman–Crippen MR) is 74.0 cm³/mol. The molecule has 0 aromatic heterocycles. The summed E-state index contributed by atoms with van der Waals surface area (Å²) in [6.07, 6.45) is 1.65. The average Bonchev–Trinajstić information content (AvgIpc) is 2.43. The van der Waals surface area contributed by atoms with E-state index in [0.717, 1.165) is 12.8 Å². The Morgan fingerprint density at radius 1 is 1.33 bits per heavy atom. The molecule has 0 radical (unpaired) electrons. The van der Waals surface area contributed by atoms with E-state index in [1.807, 2.05) is 45.0 Å². The zero-order chi connectivity index (χ0) is 13.6. The van der Waals surface area contributed by atoms with Gasteiger partial charge in [-0.15, -0.1) is 0 Å². The minimum absolute atomic E-state index is 0.0687. The monoisotopic (exact) mass is 249 g/mol. The van der Waals surface area contributed by atoms with Gasteiger partial charge in [0.1, 0.15) is 5.75 Å². The number of hydrogen-bond acceptors (Lipinski definition) is 3. The van der Waals surface area contributed by atoms with Crippen molar-refractivity contribution in [1.29, 1.82) is 0 Å². The third kappa shape index (κ3) is 3.10. The number of hydrogen-bond donors (Lipinski definition) is 1. The van der Waals surface area contributed by atoms with Crippen molar-refractivity contribution < 1.29 is 9.53 Å². The number of rotatable bonds is 7. The van der Waals surface area contributed by atoms with Gasteiger partial charge in [-0.25, -0.2) is 0 Å². The van der Waals surface area contributed by atoms with Crippen molar-refractivity contribution in [3.63, 3.8) is 0 Å². The SMILES string of the molecule is CCCOc1ccccc1C(=O)C(C)(CC)CN. The molecule has 1 rings (SSSR count). The van der Waals surface area contributed by atoms with E-state index in [-0.39, 0.29) is 5.78 Å². The van der Waals surface area contributed by atoms with Gasteiger partial charge in [-0.2, -0.15) is 0 Å². The van der Waals surface area contributed by atoms with Crippen molar-refractivity contribution in [3.05, 3.63) is 29.8 Å². The highest BCUT2D eigenvalue weighted by molar-refractivity contribution is 6.02. The van der Waals surface area contributed by atoms with Crippen LogP contribution in [0.1, 0.15) is 44.0 Å². The number of carbonyl (C=O) groups is 1.